The van der Waals surface area contributed by atoms with E-state index in [0.29, 0.717) is 25.4 Å². The quantitative estimate of drug-likeness (QED) is 0.553. The van der Waals surface area contributed by atoms with Crippen LogP contribution in [-0.4, -0.2) is 56.7 Å². The Labute approximate surface area is 150 Å². The van der Waals surface area contributed by atoms with E-state index < -0.39 is 23.8 Å². The number of nitrogens with zero attached hydrogens (tertiary/aromatic N) is 1. The molecule has 2 rings (SSSR count). The number of anilines is 2. The molecular weight excluding hydrogens is 345 g/mol. The number of nitrogens with one attached hydrogen (secondary N) is 3. The molecule has 1 aliphatic rings. The summed E-state index contributed by atoms with van der Waals surface area (Å²) in [4.78, 5) is 36.9. The van der Waals surface area contributed by atoms with Crippen LogP contribution in [0.3, 0.4) is 0 Å². The number of amides is 4. The summed E-state index contributed by atoms with van der Waals surface area (Å²) in [5.41, 5.74) is 5.80. The number of urea groups is 1. The van der Waals surface area contributed by atoms with Crippen LogP contribution in [0.4, 0.5) is 20.6 Å². The van der Waals surface area contributed by atoms with Gasteiger partial charge in [-0.2, -0.15) is 0 Å². The van der Waals surface area contributed by atoms with Crippen molar-refractivity contribution in [2.75, 3.05) is 43.1 Å². The summed E-state index contributed by atoms with van der Waals surface area (Å²) >= 11 is 0. The topological polar surface area (TPSA) is 126 Å². The molecule has 1 fully saturated rings. The highest BCUT2D eigenvalue weighted by Crippen LogP contribution is 2.23. The molecule has 1 aliphatic heterocycles. The number of nitrogens with two attached hydrogens (primary N) is 1. The molecule has 0 aromatic heterocycles. The van der Waals surface area contributed by atoms with Crippen molar-refractivity contribution < 1.29 is 23.5 Å². The van der Waals surface area contributed by atoms with Crippen molar-refractivity contribution in [2.24, 2.45) is 5.73 Å². The van der Waals surface area contributed by atoms with Crippen LogP contribution in [0, 0.1) is 5.82 Å². The third-order valence-electron chi connectivity index (χ3n) is 3.70. The van der Waals surface area contributed by atoms with Crippen molar-refractivity contribution in [1.29, 1.82) is 0 Å². The van der Waals surface area contributed by atoms with E-state index in [-0.39, 0.29) is 24.7 Å². The number of rotatable bonds is 6. The Morgan fingerprint density at radius 1 is 1.42 bits per heavy atom. The average molecular weight is 367 g/mol. The van der Waals surface area contributed by atoms with Gasteiger partial charge in [-0.1, -0.05) is 0 Å². The van der Waals surface area contributed by atoms with Gasteiger partial charge in [0.15, 0.2) is 0 Å². The fourth-order valence-electron chi connectivity index (χ4n) is 2.39. The first-order chi connectivity index (χ1) is 12.5. The zero-order valence-electron chi connectivity index (χ0n) is 14.4. The third kappa shape index (κ3) is 4.90. The monoisotopic (exact) mass is 367 g/mol. The first-order valence-electron chi connectivity index (χ1n) is 8.19. The number of halogens is 1. The Morgan fingerprint density at radius 3 is 2.81 bits per heavy atom. The van der Waals surface area contributed by atoms with Crippen LogP contribution in [0.5, 0.6) is 0 Å². The van der Waals surface area contributed by atoms with Gasteiger partial charge in [-0.05, 0) is 25.1 Å². The predicted molar refractivity (Wildman–Crippen MR) is 93.3 cm³/mol. The molecular formula is C16H22FN5O4. The van der Waals surface area contributed by atoms with Crippen LogP contribution in [0.25, 0.3) is 0 Å². The van der Waals surface area contributed by atoms with Crippen molar-refractivity contribution in [1.82, 2.24) is 10.6 Å². The van der Waals surface area contributed by atoms with E-state index in [0.717, 1.165) is 6.07 Å². The van der Waals surface area contributed by atoms with Crippen LogP contribution < -0.4 is 26.6 Å². The second kappa shape index (κ2) is 9.11. The highest BCUT2D eigenvalue weighted by Gasteiger charge is 2.23. The van der Waals surface area contributed by atoms with Gasteiger partial charge >= 0.3 is 6.03 Å². The summed E-state index contributed by atoms with van der Waals surface area (Å²) in [6.45, 7) is 2.62. The number of ether oxygens (including phenoxy) is 1. The fraction of sp³-hybridized carbons (Fsp3) is 0.438. The molecule has 142 valence electrons. The summed E-state index contributed by atoms with van der Waals surface area (Å²) in [5.74, 6) is -1.61. The van der Waals surface area contributed by atoms with Gasteiger partial charge in [0.05, 0.1) is 12.3 Å². The van der Waals surface area contributed by atoms with E-state index in [1.807, 2.05) is 0 Å². The first-order valence-corrected chi connectivity index (χ1v) is 8.19. The second-order valence-corrected chi connectivity index (χ2v) is 5.54. The number of hydrogen-bond acceptors (Lipinski definition) is 5. The van der Waals surface area contributed by atoms with Crippen molar-refractivity contribution in [3.63, 3.8) is 0 Å². The minimum Gasteiger partial charge on any atom is -0.370 e. The molecule has 0 unspecified atom stereocenters. The van der Waals surface area contributed by atoms with Gasteiger partial charge in [0.2, 0.25) is 5.91 Å². The Balaban J connectivity index is 2.05. The molecule has 1 aromatic carbocycles. The van der Waals surface area contributed by atoms with E-state index in [1.54, 1.807) is 6.92 Å². The zero-order chi connectivity index (χ0) is 19.1. The van der Waals surface area contributed by atoms with Gasteiger partial charge in [0, 0.05) is 25.3 Å². The number of benzene rings is 1. The molecule has 0 bridgehead atoms. The smallest absolute Gasteiger partial charge is 0.315 e. The summed E-state index contributed by atoms with van der Waals surface area (Å²) < 4.78 is 19.4. The highest BCUT2D eigenvalue weighted by molar-refractivity contribution is 5.98. The van der Waals surface area contributed by atoms with Gasteiger partial charge in [0.1, 0.15) is 18.5 Å². The molecule has 1 atom stereocenters. The van der Waals surface area contributed by atoms with Crippen molar-refractivity contribution in [3.05, 3.63) is 24.0 Å². The number of carbonyl (C=O) groups is 3. The summed E-state index contributed by atoms with van der Waals surface area (Å²) in [6, 6.07) is 2.48. The number of hydrogen-bond donors (Lipinski definition) is 4. The molecule has 1 aromatic rings. The molecule has 1 heterocycles. The molecule has 1 saturated heterocycles. The fourth-order valence-corrected chi connectivity index (χ4v) is 2.39. The van der Waals surface area contributed by atoms with Crippen molar-refractivity contribution in [2.45, 2.75) is 13.0 Å². The number of carbonyl (C=O) groups excluding carboxylic acids is 3. The normalized spacial score (nSPS) is 15.3. The summed E-state index contributed by atoms with van der Waals surface area (Å²) in [6.07, 6.45) is 0. The molecule has 0 aliphatic carbocycles. The van der Waals surface area contributed by atoms with Gasteiger partial charge in [-0.25, -0.2) is 9.18 Å². The molecule has 10 heteroatoms. The van der Waals surface area contributed by atoms with Crippen LogP contribution in [0.1, 0.15) is 6.92 Å². The second-order valence-electron chi connectivity index (χ2n) is 5.54. The number of morpholine rings is 1. The summed E-state index contributed by atoms with van der Waals surface area (Å²) in [5, 5.41) is 7.27. The zero-order valence-corrected chi connectivity index (χ0v) is 14.4. The van der Waals surface area contributed by atoms with E-state index in [9.17, 15) is 18.8 Å². The van der Waals surface area contributed by atoms with Gasteiger partial charge in [0.25, 0.3) is 5.91 Å². The molecule has 26 heavy (non-hydrogen) atoms. The van der Waals surface area contributed by atoms with Crippen molar-refractivity contribution in [3.8, 4) is 0 Å². The predicted octanol–water partition coefficient (Wildman–Crippen LogP) is -0.226. The van der Waals surface area contributed by atoms with Crippen molar-refractivity contribution >= 4 is 29.2 Å². The molecule has 0 saturated carbocycles. The Kier molecular flexibility index (Phi) is 6.87. The Morgan fingerprint density at radius 2 is 2.19 bits per heavy atom. The Bertz CT molecular complexity index is 685. The molecule has 0 radical (unpaired) electrons. The minimum absolute atomic E-state index is 0.0518. The van der Waals surface area contributed by atoms with E-state index in [2.05, 4.69) is 16.0 Å². The molecule has 9 nitrogen and oxygen atoms in total. The first kappa shape index (κ1) is 19.6. The van der Waals surface area contributed by atoms with Crippen LogP contribution in [-0.2, 0) is 14.3 Å². The Hall–Kier alpha value is -2.72. The maximum absolute atomic E-state index is 14.3. The molecule has 4 amide bonds. The average Bonchev–Trinajstić information content (AvgIpc) is 2.62. The lowest BCUT2D eigenvalue weighted by Crippen LogP contribution is -2.51. The van der Waals surface area contributed by atoms with Crippen LogP contribution in [0.15, 0.2) is 18.2 Å². The lowest BCUT2D eigenvalue weighted by Gasteiger charge is -2.27. The van der Waals surface area contributed by atoms with Gasteiger partial charge < -0.3 is 31.3 Å². The van der Waals surface area contributed by atoms with Crippen LogP contribution >= 0.6 is 0 Å². The SMILES string of the molecule is CCNC(=O)N[C@@H](CN)C(=O)Nc1ccc(N2CCOCC2=O)cc1F. The third-order valence-corrected chi connectivity index (χ3v) is 3.70. The maximum atomic E-state index is 14.3. The lowest BCUT2D eigenvalue weighted by molar-refractivity contribution is -0.125. The van der Waals surface area contributed by atoms with Crippen LogP contribution in [0.2, 0.25) is 0 Å². The highest BCUT2D eigenvalue weighted by atomic mass is 19.1. The van der Waals surface area contributed by atoms with E-state index in [1.165, 1.54) is 17.0 Å². The lowest BCUT2D eigenvalue weighted by atomic mass is 10.2. The van der Waals surface area contributed by atoms with E-state index >= 15 is 0 Å². The standard InChI is InChI=1S/C16H22FN5O4/c1-2-19-16(25)21-13(8-18)15(24)20-12-4-3-10(7-11(12)17)22-5-6-26-9-14(22)23/h3-4,7,13H,2,5-6,8-9,18H2,1H3,(H,20,24)(H2,19,21,25)/t13-/m0/s1. The largest absolute Gasteiger partial charge is 0.370 e. The van der Waals surface area contributed by atoms with E-state index in [4.69, 9.17) is 10.5 Å². The van der Waals surface area contributed by atoms with Gasteiger partial charge in [-0.15, -0.1) is 0 Å². The molecule has 0 spiro atoms. The maximum Gasteiger partial charge on any atom is 0.315 e. The molecule has 5 N–H and O–H groups in total. The summed E-state index contributed by atoms with van der Waals surface area (Å²) in [7, 11) is 0. The van der Waals surface area contributed by atoms with Gasteiger partial charge in [-0.3, -0.25) is 9.59 Å². The minimum atomic E-state index is -1.01.